The Morgan fingerprint density at radius 1 is 1.80 bits per heavy atom. The lowest BCUT2D eigenvalue weighted by Gasteiger charge is -2.01. The molecule has 1 aliphatic heterocycles. The van der Waals surface area contributed by atoms with Crippen molar-refractivity contribution < 1.29 is 9.53 Å². The van der Waals surface area contributed by atoms with Crippen molar-refractivity contribution >= 4 is 18.4 Å². The summed E-state index contributed by atoms with van der Waals surface area (Å²) < 4.78 is 4.86. The molecule has 1 saturated heterocycles. The van der Waals surface area contributed by atoms with E-state index in [0.717, 1.165) is 6.42 Å². The Labute approximate surface area is 66.3 Å². The zero-order valence-corrected chi connectivity index (χ0v) is 6.69. The number of carbonyl (C=O) groups is 1. The van der Waals surface area contributed by atoms with Crippen LogP contribution in [0.3, 0.4) is 0 Å². The van der Waals surface area contributed by atoms with Crippen LogP contribution < -0.4 is 5.73 Å². The number of rotatable bonds is 1. The van der Waals surface area contributed by atoms with Crippen LogP contribution in [-0.2, 0) is 9.53 Å². The molecule has 0 bridgehead atoms. The van der Waals surface area contributed by atoms with Crippen LogP contribution >= 0.6 is 12.4 Å². The summed E-state index contributed by atoms with van der Waals surface area (Å²) in [6.07, 6.45) is 1.64. The highest BCUT2D eigenvalue weighted by molar-refractivity contribution is 5.85. The van der Waals surface area contributed by atoms with Crippen molar-refractivity contribution in [2.75, 3.05) is 0 Å². The lowest BCUT2D eigenvalue weighted by Crippen LogP contribution is -2.24. The van der Waals surface area contributed by atoms with Gasteiger partial charge in [0.15, 0.2) is 0 Å². The third-order valence-electron chi connectivity index (χ3n) is 1.56. The molecule has 3 nitrogen and oxygen atoms in total. The second-order valence-corrected chi connectivity index (χ2v) is 2.31. The normalized spacial score (nSPS) is 31.2. The fraction of sp³-hybridized carbons (Fsp3) is 0.833. The van der Waals surface area contributed by atoms with Gasteiger partial charge in [-0.3, -0.25) is 4.79 Å². The minimum Gasteiger partial charge on any atom is -0.461 e. The summed E-state index contributed by atoms with van der Waals surface area (Å²) in [5.74, 6) is -0.248. The molecular weight excluding hydrogens is 154 g/mol. The zero-order valence-electron chi connectivity index (χ0n) is 5.87. The van der Waals surface area contributed by atoms with Gasteiger partial charge in [-0.25, -0.2) is 0 Å². The van der Waals surface area contributed by atoms with Gasteiger partial charge < -0.3 is 10.5 Å². The molecule has 0 radical (unpaired) electrons. The third-order valence-corrected chi connectivity index (χ3v) is 1.56. The number of hydrogen-bond donors (Lipinski definition) is 1. The minimum atomic E-state index is -0.366. The highest BCUT2D eigenvalue weighted by Gasteiger charge is 2.29. The fourth-order valence-corrected chi connectivity index (χ4v) is 0.929. The molecule has 0 aromatic carbocycles. The van der Waals surface area contributed by atoms with Crippen molar-refractivity contribution in [1.29, 1.82) is 0 Å². The molecule has 1 fully saturated rings. The summed E-state index contributed by atoms with van der Waals surface area (Å²) >= 11 is 0. The van der Waals surface area contributed by atoms with Crippen molar-refractivity contribution in [1.82, 2.24) is 0 Å². The molecule has 0 amide bonds. The van der Waals surface area contributed by atoms with Crippen LogP contribution in [0.1, 0.15) is 19.8 Å². The Morgan fingerprint density at radius 2 is 2.40 bits per heavy atom. The average Bonchev–Trinajstić information content (AvgIpc) is 2.13. The molecule has 4 heteroatoms. The molecular formula is C6H12ClNO2. The molecule has 60 valence electrons. The first-order chi connectivity index (χ1) is 4.24. The maximum absolute atomic E-state index is 10.6. The van der Waals surface area contributed by atoms with E-state index >= 15 is 0 Å². The van der Waals surface area contributed by atoms with Gasteiger partial charge in [-0.15, -0.1) is 12.4 Å². The van der Waals surface area contributed by atoms with Gasteiger partial charge in [0.2, 0.25) is 0 Å². The van der Waals surface area contributed by atoms with Crippen molar-refractivity contribution in [3.05, 3.63) is 0 Å². The van der Waals surface area contributed by atoms with Gasteiger partial charge in [0.25, 0.3) is 0 Å². The molecule has 2 N–H and O–H groups in total. The van der Waals surface area contributed by atoms with Gasteiger partial charge in [-0.05, 0) is 6.42 Å². The summed E-state index contributed by atoms with van der Waals surface area (Å²) in [6, 6.07) is -0.366. The molecule has 0 unspecified atom stereocenters. The van der Waals surface area contributed by atoms with Crippen LogP contribution in [0, 0.1) is 0 Å². The highest BCUT2D eigenvalue weighted by atomic mass is 35.5. The topological polar surface area (TPSA) is 52.3 Å². The van der Waals surface area contributed by atoms with Crippen molar-refractivity contribution in [3.63, 3.8) is 0 Å². The summed E-state index contributed by atoms with van der Waals surface area (Å²) in [5.41, 5.74) is 5.37. The molecule has 0 spiro atoms. The van der Waals surface area contributed by atoms with Crippen LogP contribution in [0.4, 0.5) is 0 Å². The fourth-order valence-electron chi connectivity index (χ4n) is 0.929. The molecule has 1 aliphatic rings. The minimum absolute atomic E-state index is 0. The van der Waals surface area contributed by atoms with E-state index in [1.54, 1.807) is 0 Å². The van der Waals surface area contributed by atoms with E-state index in [2.05, 4.69) is 0 Å². The van der Waals surface area contributed by atoms with Gasteiger partial charge in [-0.1, -0.05) is 6.92 Å². The van der Waals surface area contributed by atoms with E-state index in [1.165, 1.54) is 0 Å². The quantitative estimate of drug-likeness (QED) is 0.575. The Morgan fingerprint density at radius 3 is 2.60 bits per heavy atom. The smallest absolute Gasteiger partial charge is 0.323 e. The summed E-state index contributed by atoms with van der Waals surface area (Å²) in [6.45, 7) is 1.98. The van der Waals surface area contributed by atoms with E-state index in [4.69, 9.17) is 10.5 Å². The van der Waals surface area contributed by atoms with Crippen LogP contribution in [0.5, 0.6) is 0 Å². The van der Waals surface area contributed by atoms with E-state index in [-0.39, 0.29) is 30.5 Å². The summed E-state index contributed by atoms with van der Waals surface area (Å²) in [4.78, 5) is 10.6. The Hall–Kier alpha value is -0.280. The van der Waals surface area contributed by atoms with Crippen molar-refractivity contribution in [2.45, 2.75) is 31.9 Å². The maximum Gasteiger partial charge on any atom is 0.323 e. The van der Waals surface area contributed by atoms with Crippen LogP contribution in [0.25, 0.3) is 0 Å². The Kier molecular flexibility index (Phi) is 3.68. The average molecular weight is 166 g/mol. The van der Waals surface area contributed by atoms with Gasteiger partial charge in [-0.2, -0.15) is 0 Å². The SMILES string of the molecule is CC[C@@H]1C[C@H](N)C(=O)O1.Cl. The van der Waals surface area contributed by atoms with Gasteiger partial charge >= 0.3 is 5.97 Å². The number of ether oxygens (including phenoxy) is 1. The van der Waals surface area contributed by atoms with Crippen LogP contribution in [0.15, 0.2) is 0 Å². The maximum atomic E-state index is 10.6. The Bertz CT molecular complexity index is 129. The van der Waals surface area contributed by atoms with E-state index in [9.17, 15) is 4.79 Å². The van der Waals surface area contributed by atoms with E-state index < -0.39 is 0 Å². The summed E-state index contributed by atoms with van der Waals surface area (Å²) in [7, 11) is 0. The molecule has 2 atom stereocenters. The molecule has 0 aromatic rings. The van der Waals surface area contributed by atoms with E-state index in [1.807, 2.05) is 6.92 Å². The number of carbonyl (C=O) groups excluding carboxylic acids is 1. The number of nitrogens with two attached hydrogens (primary N) is 1. The molecule has 1 heterocycles. The van der Waals surface area contributed by atoms with Crippen LogP contribution in [0.2, 0.25) is 0 Å². The number of halogens is 1. The Balaban J connectivity index is 0.000000810. The van der Waals surface area contributed by atoms with E-state index in [0.29, 0.717) is 6.42 Å². The standard InChI is InChI=1S/C6H11NO2.ClH/c1-2-4-3-5(7)6(8)9-4;/h4-5H,2-3,7H2,1H3;1H/t4-,5+;/m1./s1. The second kappa shape index (κ2) is 3.78. The number of hydrogen-bond acceptors (Lipinski definition) is 3. The summed E-state index contributed by atoms with van der Waals surface area (Å²) in [5, 5.41) is 0. The highest BCUT2D eigenvalue weighted by Crippen LogP contribution is 2.14. The molecule has 0 aliphatic carbocycles. The van der Waals surface area contributed by atoms with Crippen molar-refractivity contribution in [2.24, 2.45) is 5.73 Å². The molecule has 1 rings (SSSR count). The monoisotopic (exact) mass is 165 g/mol. The largest absolute Gasteiger partial charge is 0.461 e. The third kappa shape index (κ3) is 1.85. The van der Waals surface area contributed by atoms with Gasteiger partial charge in [0, 0.05) is 6.42 Å². The lowest BCUT2D eigenvalue weighted by atomic mass is 10.1. The number of cyclic esters (lactones) is 1. The molecule has 10 heavy (non-hydrogen) atoms. The first-order valence-electron chi connectivity index (χ1n) is 3.20. The first-order valence-corrected chi connectivity index (χ1v) is 3.20. The molecule has 0 saturated carbocycles. The van der Waals surface area contributed by atoms with Crippen LogP contribution in [-0.4, -0.2) is 18.1 Å². The lowest BCUT2D eigenvalue weighted by molar-refractivity contribution is -0.142. The van der Waals surface area contributed by atoms with Gasteiger partial charge in [0.1, 0.15) is 12.1 Å². The predicted octanol–water partition coefficient (Wildman–Crippen LogP) is 0.461. The zero-order chi connectivity index (χ0) is 6.85. The van der Waals surface area contributed by atoms with Crippen molar-refractivity contribution in [3.8, 4) is 0 Å². The first kappa shape index (κ1) is 9.72. The second-order valence-electron chi connectivity index (χ2n) is 2.31. The predicted molar refractivity (Wildman–Crippen MR) is 40.0 cm³/mol. The number of esters is 1. The van der Waals surface area contributed by atoms with Gasteiger partial charge in [0.05, 0.1) is 0 Å². The molecule has 0 aromatic heterocycles.